The van der Waals surface area contributed by atoms with E-state index in [1.165, 1.54) is 19.2 Å². The second kappa shape index (κ2) is 6.13. The van der Waals surface area contributed by atoms with E-state index in [-0.39, 0.29) is 14.9 Å². The van der Waals surface area contributed by atoms with Crippen molar-refractivity contribution < 1.29 is 13.2 Å². The third-order valence-electron chi connectivity index (χ3n) is 2.82. The molecule has 21 heavy (non-hydrogen) atoms. The van der Waals surface area contributed by atoms with Crippen LogP contribution in [0.5, 0.6) is 5.75 Å². The summed E-state index contributed by atoms with van der Waals surface area (Å²) in [5.74, 6) is 0.302. The lowest BCUT2D eigenvalue weighted by Gasteiger charge is -2.24. The van der Waals surface area contributed by atoms with Crippen LogP contribution in [-0.2, 0) is 10.0 Å². The minimum absolute atomic E-state index is 0.00795. The Kier molecular flexibility index (Phi) is 4.66. The van der Waals surface area contributed by atoms with Crippen molar-refractivity contribution in [2.24, 2.45) is 0 Å². The van der Waals surface area contributed by atoms with Gasteiger partial charge in [0.05, 0.1) is 22.1 Å². The number of aryl methyl sites for hydroxylation is 1. The number of benzene rings is 2. The van der Waals surface area contributed by atoms with Crippen molar-refractivity contribution in [2.75, 3.05) is 7.11 Å². The fourth-order valence-corrected chi connectivity index (χ4v) is 3.59. The van der Waals surface area contributed by atoms with Gasteiger partial charge in [-0.05, 0) is 13.0 Å². The maximum absolute atomic E-state index is 12.4. The molecule has 0 aliphatic carbocycles. The van der Waals surface area contributed by atoms with Gasteiger partial charge >= 0.3 is 0 Å². The van der Waals surface area contributed by atoms with Crippen molar-refractivity contribution in [2.45, 2.75) is 11.8 Å². The quantitative estimate of drug-likeness (QED) is 0.807. The molecule has 2 aromatic rings. The molecule has 4 nitrogen and oxygen atoms in total. The summed E-state index contributed by atoms with van der Waals surface area (Å²) in [6.07, 6.45) is 0. The summed E-state index contributed by atoms with van der Waals surface area (Å²) in [4.78, 5) is -0.154. The van der Waals surface area contributed by atoms with Crippen molar-refractivity contribution >= 4 is 38.9 Å². The Morgan fingerprint density at radius 3 is 2.38 bits per heavy atom. The van der Waals surface area contributed by atoms with Gasteiger partial charge < -0.3 is 9.46 Å². The van der Waals surface area contributed by atoms with Gasteiger partial charge in [0.25, 0.3) is 0 Å². The number of rotatable bonds is 4. The van der Waals surface area contributed by atoms with Crippen molar-refractivity contribution in [1.82, 2.24) is 0 Å². The fraction of sp³-hybridized carbons (Fsp3) is 0.143. The van der Waals surface area contributed by atoms with Gasteiger partial charge in [0.15, 0.2) is 0 Å². The summed E-state index contributed by atoms with van der Waals surface area (Å²) in [5, 5.41) is 0.161. The summed E-state index contributed by atoms with van der Waals surface area (Å²) in [6, 6.07) is 9.50. The summed E-state index contributed by atoms with van der Waals surface area (Å²) in [6.45, 7) is 1.77. The van der Waals surface area contributed by atoms with Crippen LogP contribution >= 0.6 is 23.2 Å². The zero-order chi connectivity index (χ0) is 15.6. The Labute approximate surface area is 133 Å². The Hall–Kier alpha value is -1.43. The largest absolute Gasteiger partial charge is 0.572 e. The van der Waals surface area contributed by atoms with Crippen molar-refractivity contribution in [3.63, 3.8) is 0 Å². The lowest BCUT2D eigenvalue weighted by Crippen LogP contribution is -2.00. The van der Waals surface area contributed by atoms with Gasteiger partial charge in [0.2, 0.25) is 0 Å². The van der Waals surface area contributed by atoms with Gasteiger partial charge in [0, 0.05) is 6.07 Å². The summed E-state index contributed by atoms with van der Waals surface area (Å²) in [5.41, 5.74) is 1.11. The van der Waals surface area contributed by atoms with Crippen LogP contribution < -0.4 is 4.74 Å². The molecule has 0 unspecified atom stereocenters. The molecule has 0 radical (unpaired) electrons. The number of hydrogen-bond acceptors (Lipinski definition) is 3. The smallest absolute Gasteiger partial charge is 0.139 e. The van der Waals surface area contributed by atoms with Crippen LogP contribution in [0.1, 0.15) is 5.56 Å². The predicted octanol–water partition coefficient (Wildman–Crippen LogP) is 4.70. The number of sulfonamides is 1. The molecule has 2 rings (SSSR count). The van der Waals surface area contributed by atoms with Crippen LogP contribution in [0.3, 0.4) is 0 Å². The number of halogens is 2. The zero-order valence-corrected chi connectivity index (χ0v) is 13.6. The molecule has 0 aliphatic heterocycles. The van der Waals surface area contributed by atoms with Gasteiger partial charge in [-0.15, -0.1) is 5.69 Å². The van der Waals surface area contributed by atoms with E-state index in [0.717, 1.165) is 5.56 Å². The number of ether oxygens (including phenoxy) is 1. The first-order valence-electron chi connectivity index (χ1n) is 5.92. The molecule has 7 heteroatoms. The number of methoxy groups -OCH3 is 1. The van der Waals surface area contributed by atoms with E-state index in [1.54, 1.807) is 31.2 Å². The van der Waals surface area contributed by atoms with Crippen LogP contribution in [0.25, 0.3) is 4.72 Å². The van der Waals surface area contributed by atoms with Gasteiger partial charge in [-0.3, -0.25) is 0 Å². The molecule has 0 fully saturated rings. The minimum Gasteiger partial charge on any atom is -0.572 e. The Morgan fingerprint density at radius 1 is 1.10 bits per heavy atom. The average Bonchev–Trinajstić information content (AvgIpc) is 2.43. The van der Waals surface area contributed by atoms with Crippen LogP contribution in [0.4, 0.5) is 5.69 Å². The van der Waals surface area contributed by atoms with E-state index in [9.17, 15) is 8.42 Å². The van der Waals surface area contributed by atoms with Gasteiger partial charge in [-0.25, -0.2) is 8.42 Å². The highest BCUT2D eigenvalue weighted by Crippen LogP contribution is 2.38. The standard InChI is InChI=1S/C14H12Cl2NO3S/c1-9-5-3-4-6-12(9)17-21(18,19)14-8-10(15)13(20-2)7-11(14)16/h3-8H,1-2H3/q-1. The minimum atomic E-state index is -3.96. The van der Waals surface area contributed by atoms with Gasteiger partial charge in [0.1, 0.15) is 15.8 Å². The van der Waals surface area contributed by atoms with E-state index in [4.69, 9.17) is 27.9 Å². The third-order valence-corrected chi connectivity index (χ3v) is 4.87. The van der Waals surface area contributed by atoms with Crippen LogP contribution in [-0.4, -0.2) is 15.5 Å². The van der Waals surface area contributed by atoms with E-state index in [1.807, 2.05) is 0 Å². The molecule has 0 heterocycles. The molecule has 0 atom stereocenters. The van der Waals surface area contributed by atoms with Crippen LogP contribution in [0, 0.1) is 6.92 Å². The highest BCUT2D eigenvalue weighted by Gasteiger charge is 2.14. The number of hydrogen-bond donors (Lipinski definition) is 0. The van der Waals surface area contributed by atoms with Crippen LogP contribution in [0.2, 0.25) is 10.0 Å². The summed E-state index contributed by atoms with van der Waals surface area (Å²) < 4.78 is 33.5. The van der Waals surface area contributed by atoms with Crippen LogP contribution in [0.15, 0.2) is 41.3 Å². The Morgan fingerprint density at radius 2 is 1.76 bits per heavy atom. The molecule has 2 aromatic carbocycles. The van der Waals surface area contributed by atoms with E-state index < -0.39 is 10.0 Å². The maximum Gasteiger partial charge on any atom is 0.139 e. The highest BCUT2D eigenvalue weighted by atomic mass is 35.5. The molecule has 0 saturated carbocycles. The number of nitrogens with zero attached hydrogens (tertiary/aromatic N) is 1. The normalized spacial score (nSPS) is 11.2. The molecular formula is C14H12Cl2NO3S-. The first-order chi connectivity index (χ1) is 9.85. The lowest BCUT2D eigenvalue weighted by molar-refractivity contribution is 0.414. The molecule has 0 amide bonds. The topological polar surface area (TPSA) is 57.5 Å². The first kappa shape index (κ1) is 15.9. The second-order valence-corrected chi connectivity index (χ2v) is 6.66. The molecule has 0 aromatic heterocycles. The van der Waals surface area contributed by atoms with Gasteiger partial charge in [-0.2, -0.15) is 0 Å². The lowest BCUT2D eigenvalue weighted by atomic mass is 10.2. The van der Waals surface area contributed by atoms with Crippen molar-refractivity contribution in [3.05, 3.63) is 56.7 Å². The SMILES string of the molecule is COc1cc(Cl)c(S(=O)(=O)[N-]c2ccccc2C)cc1Cl. The van der Waals surface area contributed by atoms with Crippen molar-refractivity contribution in [3.8, 4) is 5.75 Å². The molecule has 0 spiro atoms. The monoisotopic (exact) mass is 344 g/mol. The molecule has 0 bridgehead atoms. The fourth-order valence-electron chi connectivity index (χ4n) is 1.71. The maximum atomic E-state index is 12.4. The molecular weight excluding hydrogens is 333 g/mol. The van der Waals surface area contributed by atoms with E-state index in [0.29, 0.717) is 11.4 Å². The average molecular weight is 345 g/mol. The third kappa shape index (κ3) is 3.43. The first-order valence-corrected chi connectivity index (χ1v) is 8.11. The molecule has 0 N–H and O–H groups in total. The summed E-state index contributed by atoms with van der Waals surface area (Å²) in [7, 11) is -2.54. The molecule has 0 aliphatic rings. The zero-order valence-electron chi connectivity index (χ0n) is 11.3. The van der Waals surface area contributed by atoms with Crippen molar-refractivity contribution in [1.29, 1.82) is 0 Å². The second-order valence-electron chi connectivity index (χ2n) is 4.27. The highest BCUT2D eigenvalue weighted by molar-refractivity contribution is 7.94. The molecule has 0 saturated heterocycles. The molecule has 112 valence electrons. The predicted molar refractivity (Wildman–Crippen MR) is 84.4 cm³/mol. The van der Waals surface area contributed by atoms with E-state index in [2.05, 4.69) is 4.72 Å². The van der Waals surface area contributed by atoms with Gasteiger partial charge in [-0.1, -0.05) is 53.0 Å². The summed E-state index contributed by atoms with van der Waals surface area (Å²) >= 11 is 11.9. The van der Waals surface area contributed by atoms with E-state index >= 15 is 0 Å². The Bertz CT molecular complexity index is 776. The Balaban J connectivity index is 2.45.